The van der Waals surface area contributed by atoms with Crippen molar-refractivity contribution < 1.29 is 38.4 Å². The van der Waals surface area contributed by atoms with E-state index in [1.807, 2.05) is 87.0 Å². The first-order valence-electron chi connectivity index (χ1n) is 29.8. The summed E-state index contributed by atoms with van der Waals surface area (Å²) in [6.45, 7) is 11.3. The zero-order valence-corrected chi connectivity index (χ0v) is 47.6. The lowest BCUT2D eigenvalue weighted by Gasteiger charge is -2.30. The Balaban J connectivity index is 0.746. The minimum atomic E-state index is -0.983. The standard InChI is InChI=1S/C63H70FN13O7/c1-5-76-53(16-17-67-76)39-14-12-38(13-15-39)52(29-78)68-61(80)54-21-44(79)27-75(54)62(81)58(33(2)3)77-28-51(72-73-77)37-8-6-35(7-9-37)30-83-59-56(55-34(4)49(64)23-50-48(55)25-66-71-50)46(36-10-11-36)22-47-57(59)69-63(84-45-18-40-31-82-32-41(40)19-45)70-60(47)74-26-42-20-43(74)24-65-42/h6-9,12-17,22-23,25,28,33,36,40-45,52,54,58,65,78-79H,5,10-11,18-21,24,26-27,29-32H2,1-4H3,(H,66,71)(H,68,80)/t40?,41?,42-,43-,44+,45?,52-,54-,58-/m0/s1. The topological polar surface area (TPSA) is 236 Å². The molecule has 0 radical (unpaired) electrons. The predicted octanol–water partition coefficient (Wildman–Crippen LogP) is 7.58. The van der Waals surface area contributed by atoms with Crippen LogP contribution in [-0.4, -0.2) is 142 Å². The number of hydrogen-bond donors (Lipinski definition) is 5. The van der Waals surface area contributed by atoms with Gasteiger partial charge in [-0.2, -0.15) is 20.2 Å². The molecular weight excluding hydrogens is 1070 g/mol. The number of aromatic amines is 1. The molecule has 2 bridgehead atoms. The number of aryl methyl sites for hydroxylation is 1. The van der Waals surface area contributed by atoms with Crippen LogP contribution in [0.1, 0.15) is 99.6 Å². The lowest BCUT2D eigenvalue weighted by atomic mass is 9.88. The Hall–Kier alpha value is -7.85. The molecule has 4 aromatic carbocycles. The molecule has 6 fully saturated rings. The van der Waals surface area contributed by atoms with E-state index in [0.29, 0.717) is 64.0 Å². The van der Waals surface area contributed by atoms with E-state index in [-0.39, 0.29) is 61.9 Å². The number of ether oxygens (including phenoxy) is 3. The van der Waals surface area contributed by atoms with Gasteiger partial charge in [0.05, 0.1) is 42.4 Å². The summed E-state index contributed by atoms with van der Waals surface area (Å²) in [4.78, 5) is 43.2. The van der Waals surface area contributed by atoms with E-state index < -0.39 is 30.1 Å². The lowest BCUT2D eigenvalue weighted by Crippen LogP contribution is -2.50. The third-order valence-electron chi connectivity index (χ3n) is 18.5. The molecule has 2 unspecified atom stereocenters. The summed E-state index contributed by atoms with van der Waals surface area (Å²) in [6.07, 6.45) is 9.06. The maximum atomic E-state index is 16.2. The number of piperazine rings is 1. The van der Waals surface area contributed by atoms with Crippen LogP contribution in [0, 0.1) is 30.5 Å². The van der Waals surface area contributed by atoms with E-state index in [1.165, 1.54) is 15.6 Å². The molecule has 8 atom stereocenters. The van der Waals surface area contributed by atoms with Crippen LogP contribution in [0.2, 0.25) is 0 Å². The second kappa shape index (κ2) is 22.0. The molecule has 2 amide bonds. The molecule has 4 aromatic heterocycles. The third kappa shape index (κ3) is 9.90. The maximum absolute atomic E-state index is 16.2. The number of carbonyl (C=O) groups is 2. The molecule has 2 saturated carbocycles. The molecule has 4 aliphatic heterocycles. The van der Waals surface area contributed by atoms with Crippen molar-refractivity contribution in [3.8, 4) is 45.4 Å². The van der Waals surface area contributed by atoms with E-state index in [1.54, 1.807) is 18.6 Å². The molecule has 8 aromatic rings. The summed E-state index contributed by atoms with van der Waals surface area (Å²) in [6, 6.07) is 19.4. The molecule has 5 N–H and O–H groups in total. The molecule has 6 aliphatic rings. The first kappa shape index (κ1) is 54.1. The number of β-amino-alcohol motifs (C(OH)–C–C–N with tert-alkyl or cyclic N) is 1. The number of nitrogens with one attached hydrogen (secondary N) is 3. The zero-order valence-electron chi connectivity index (χ0n) is 47.6. The first-order valence-corrected chi connectivity index (χ1v) is 29.8. The number of aliphatic hydroxyl groups excluding tert-OH is 2. The number of anilines is 1. The van der Waals surface area contributed by atoms with Gasteiger partial charge >= 0.3 is 6.01 Å². The van der Waals surface area contributed by atoms with Crippen LogP contribution in [0.5, 0.6) is 11.8 Å². The summed E-state index contributed by atoms with van der Waals surface area (Å²) in [5, 5.41) is 50.5. The fraction of sp³-hybridized carbons (Fsp3) is 0.460. The van der Waals surface area contributed by atoms with Crippen molar-refractivity contribution in [3.63, 3.8) is 0 Å². The molecular formula is C63H70FN13O7. The van der Waals surface area contributed by atoms with Gasteiger partial charge in [0.1, 0.15) is 47.6 Å². The van der Waals surface area contributed by atoms with Crippen LogP contribution in [0.3, 0.4) is 0 Å². The van der Waals surface area contributed by atoms with Gasteiger partial charge in [0.2, 0.25) is 11.8 Å². The van der Waals surface area contributed by atoms with Gasteiger partial charge in [-0.3, -0.25) is 19.4 Å². The van der Waals surface area contributed by atoms with E-state index >= 15 is 4.39 Å². The number of hydrogen-bond acceptors (Lipinski definition) is 15. The number of halogens is 1. The second-order valence-electron chi connectivity index (χ2n) is 24.3. The van der Waals surface area contributed by atoms with Crippen LogP contribution < -0.4 is 25.0 Å². The normalized spacial score (nSPS) is 23.5. The van der Waals surface area contributed by atoms with Gasteiger partial charge in [-0.1, -0.05) is 67.6 Å². The molecule has 21 heteroatoms. The molecule has 8 heterocycles. The van der Waals surface area contributed by atoms with E-state index in [0.717, 1.165) is 114 Å². The predicted molar refractivity (Wildman–Crippen MR) is 311 cm³/mol. The Kier molecular flexibility index (Phi) is 14.2. The molecule has 436 valence electrons. The molecule has 0 spiro atoms. The van der Waals surface area contributed by atoms with Crippen molar-refractivity contribution in [1.82, 2.24) is 60.5 Å². The highest BCUT2D eigenvalue weighted by molar-refractivity contribution is 6.06. The Labute approximate surface area is 485 Å². The van der Waals surface area contributed by atoms with Gasteiger partial charge in [-0.25, -0.2) is 9.07 Å². The first-order chi connectivity index (χ1) is 40.9. The molecule has 14 rings (SSSR count). The number of aromatic nitrogens is 9. The lowest BCUT2D eigenvalue weighted by molar-refractivity contribution is -0.142. The van der Waals surface area contributed by atoms with Crippen LogP contribution in [-0.2, 0) is 27.5 Å². The minimum Gasteiger partial charge on any atom is -0.486 e. The van der Waals surface area contributed by atoms with E-state index in [2.05, 4.69) is 47.2 Å². The summed E-state index contributed by atoms with van der Waals surface area (Å²) < 4.78 is 39.5. The summed E-state index contributed by atoms with van der Waals surface area (Å²) in [5.41, 5.74) is 9.01. The smallest absolute Gasteiger partial charge is 0.319 e. The number of rotatable bonds is 18. The fourth-order valence-electron chi connectivity index (χ4n) is 14.0. The molecule has 2 aliphatic carbocycles. The second-order valence-corrected chi connectivity index (χ2v) is 24.3. The Morgan fingerprint density at radius 1 is 0.940 bits per heavy atom. The summed E-state index contributed by atoms with van der Waals surface area (Å²) in [7, 11) is 0. The average molecular weight is 1140 g/mol. The van der Waals surface area contributed by atoms with Crippen molar-refractivity contribution >= 4 is 39.4 Å². The number of H-pyrrole nitrogens is 1. The number of aliphatic hydroxyl groups is 2. The number of amides is 2. The number of nitrogens with zero attached hydrogens (tertiary/aromatic N) is 10. The van der Waals surface area contributed by atoms with Gasteiger partial charge in [0, 0.05) is 91.6 Å². The monoisotopic (exact) mass is 1140 g/mol. The van der Waals surface area contributed by atoms with Crippen molar-refractivity contribution in [2.24, 2.45) is 17.8 Å². The largest absolute Gasteiger partial charge is 0.486 e. The van der Waals surface area contributed by atoms with Crippen LogP contribution in [0.15, 0.2) is 85.3 Å². The summed E-state index contributed by atoms with van der Waals surface area (Å²) >= 11 is 0. The number of fused-ring (bicyclic) bond motifs is 5. The van der Waals surface area contributed by atoms with Crippen molar-refractivity contribution in [2.75, 3.05) is 44.4 Å². The van der Waals surface area contributed by atoms with Gasteiger partial charge in [-0.15, -0.1) is 5.10 Å². The number of likely N-dealkylation sites (tertiary alicyclic amines) is 1. The molecule has 84 heavy (non-hydrogen) atoms. The Morgan fingerprint density at radius 2 is 1.73 bits per heavy atom. The van der Waals surface area contributed by atoms with Crippen LogP contribution >= 0.6 is 0 Å². The van der Waals surface area contributed by atoms with Gasteiger partial charge in [-0.05, 0) is 116 Å². The van der Waals surface area contributed by atoms with Crippen LogP contribution in [0.4, 0.5) is 10.2 Å². The number of benzene rings is 4. The SMILES string of the molecule is CCn1nccc1-c1ccc([C@H](CO)NC(=O)[C@@H]2C[C@@H](O)CN2C(=O)[C@H](C(C)C)n2cc(-c3ccc(COc4c(-c5c(C)c(F)cc6[nH]ncc56)c(C5CC5)cc5c(N6C[C@@H]7C[C@H]6CN7)nc(OC6CC7COCC7C6)nc45)cc3)nn2)cc1. The average Bonchev–Trinajstić information content (AvgIpc) is 1.58. The van der Waals surface area contributed by atoms with Crippen molar-refractivity contribution in [1.29, 1.82) is 0 Å². The summed E-state index contributed by atoms with van der Waals surface area (Å²) in [5.74, 6) is 1.02. The molecule has 20 nitrogen and oxygen atoms in total. The fourth-order valence-corrected chi connectivity index (χ4v) is 14.0. The van der Waals surface area contributed by atoms with Gasteiger partial charge < -0.3 is 44.9 Å². The van der Waals surface area contributed by atoms with Gasteiger partial charge in [0.15, 0.2) is 5.75 Å². The van der Waals surface area contributed by atoms with Crippen molar-refractivity contribution in [3.05, 3.63) is 113 Å². The highest BCUT2D eigenvalue weighted by atomic mass is 19.1. The number of carbonyl (C=O) groups excluding carboxylic acids is 2. The van der Waals surface area contributed by atoms with E-state index in [9.17, 15) is 19.8 Å². The van der Waals surface area contributed by atoms with E-state index in [4.69, 9.17) is 24.2 Å². The molecule has 4 saturated heterocycles. The Morgan fingerprint density at radius 3 is 2.44 bits per heavy atom. The Bertz CT molecular complexity index is 3780. The van der Waals surface area contributed by atoms with Crippen LogP contribution in [0.25, 0.3) is 55.4 Å². The quantitative estimate of drug-likeness (QED) is 0.0557. The zero-order chi connectivity index (χ0) is 57.5. The van der Waals surface area contributed by atoms with Crippen molar-refractivity contribution in [2.45, 2.75) is 128 Å². The highest BCUT2D eigenvalue weighted by Crippen LogP contribution is 2.54. The highest BCUT2D eigenvalue weighted by Gasteiger charge is 2.45. The maximum Gasteiger partial charge on any atom is 0.319 e. The van der Waals surface area contributed by atoms with Gasteiger partial charge in [0.25, 0.3) is 0 Å². The minimum absolute atomic E-state index is 0.0377. The third-order valence-corrected chi connectivity index (χ3v) is 18.5.